The van der Waals surface area contributed by atoms with E-state index in [1.807, 2.05) is 25.1 Å². The van der Waals surface area contributed by atoms with E-state index in [2.05, 4.69) is 0 Å². The van der Waals surface area contributed by atoms with Gasteiger partial charge in [-0.2, -0.15) is 0 Å². The zero-order valence-corrected chi connectivity index (χ0v) is 12.4. The molecule has 0 unspecified atom stereocenters. The maximum absolute atomic E-state index is 13.0. The van der Waals surface area contributed by atoms with Crippen molar-refractivity contribution in [3.8, 4) is 11.5 Å². The van der Waals surface area contributed by atoms with Gasteiger partial charge in [-0.15, -0.1) is 0 Å². The molecule has 0 amide bonds. The maximum atomic E-state index is 13.0. The van der Waals surface area contributed by atoms with Crippen LogP contribution in [0.2, 0.25) is 0 Å². The molecule has 0 aliphatic rings. The molecule has 0 saturated carbocycles. The first-order valence-electron chi connectivity index (χ1n) is 6.71. The molecular formula is C16H18F2N2O2. The molecule has 0 atom stereocenters. The van der Waals surface area contributed by atoms with Gasteiger partial charge in [-0.1, -0.05) is 12.1 Å². The molecule has 0 saturated heterocycles. The van der Waals surface area contributed by atoms with Gasteiger partial charge in [0.1, 0.15) is 18.1 Å². The number of hydrogen-bond acceptors (Lipinski definition) is 4. The van der Waals surface area contributed by atoms with Crippen LogP contribution in [0.25, 0.3) is 0 Å². The number of hydrazine groups is 1. The minimum Gasteiger partial charge on any atom is -0.508 e. The Morgan fingerprint density at radius 1 is 1.27 bits per heavy atom. The van der Waals surface area contributed by atoms with Crippen LogP contribution in [0.5, 0.6) is 11.5 Å². The van der Waals surface area contributed by atoms with Crippen molar-refractivity contribution in [2.45, 2.75) is 20.0 Å². The average molecular weight is 308 g/mol. The Morgan fingerprint density at radius 3 is 2.64 bits per heavy atom. The normalized spacial score (nSPS) is 10.8. The predicted octanol–water partition coefficient (Wildman–Crippen LogP) is 3.53. The SMILES string of the molecule is Cc1cccc(N(C)N)c1COc1ccc(O)cc1C(F)F. The molecule has 4 nitrogen and oxygen atoms in total. The summed E-state index contributed by atoms with van der Waals surface area (Å²) in [5.74, 6) is 5.60. The van der Waals surface area contributed by atoms with Gasteiger partial charge in [0.2, 0.25) is 0 Å². The molecule has 6 heteroatoms. The van der Waals surface area contributed by atoms with Crippen molar-refractivity contribution < 1.29 is 18.6 Å². The van der Waals surface area contributed by atoms with Gasteiger partial charge in [-0.3, -0.25) is 0 Å². The Kier molecular flexibility index (Phi) is 4.82. The van der Waals surface area contributed by atoms with Gasteiger partial charge in [-0.05, 0) is 36.8 Å². The number of rotatable bonds is 5. The second-order valence-electron chi connectivity index (χ2n) is 4.99. The van der Waals surface area contributed by atoms with E-state index < -0.39 is 6.43 Å². The van der Waals surface area contributed by atoms with Crippen LogP contribution >= 0.6 is 0 Å². The van der Waals surface area contributed by atoms with Crippen molar-refractivity contribution in [1.29, 1.82) is 0 Å². The summed E-state index contributed by atoms with van der Waals surface area (Å²) >= 11 is 0. The summed E-state index contributed by atoms with van der Waals surface area (Å²) in [7, 11) is 1.70. The summed E-state index contributed by atoms with van der Waals surface area (Å²) in [6.07, 6.45) is -2.73. The van der Waals surface area contributed by atoms with Crippen LogP contribution in [0, 0.1) is 6.92 Å². The fourth-order valence-corrected chi connectivity index (χ4v) is 2.19. The third kappa shape index (κ3) is 3.46. The lowest BCUT2D eigenvalue weighted by Gasteiger charge is -2.20. The summed E-state index contributed by atoms with van der Waals surface area (Å²) < 4.78 is 31.5. The van der Waals surface area contributed by atoms with Gasteiger partial charge in [0, 0.05) is 12.6 Å². The van der Waals surface area contributed by atoms with Crippen molar-refractivity contribution in [2.75, 3.05) is 12.1 Å². The van der Waals surface area contributed by atoms with Crippen molar-refractivity contribution in [1.82, 2.24) is 0 Å². The topological polar surface area (TPSA) is 58.7 Å². The summed E-state index contributed by atoms with van der Waals surface area (Å²) in [5, 5.41) is 10.8. The van der Waals surface area contributed by atoms with Crippen LogP contribution in [-0.4, -0.2) is 12.2 Å². The number of aromatic hydroxyl groups is 1. The van der Waals surface area contributed by atoms with Gasteiger partial charge in [0.25, 0.3) is 6.43 Å². The summed E-state index contributed by atoms with van der Waals surface area (Å²) in [5.41, 5.74) is 2.20. The van der Waals surface area contributed by atoms with Crippen molar-refractivity contribution in [3.05, 3.63) is 53.1 Å². The van der Waals surface area contributed by atoms with Crippen LogP contribution in [-0.2, 0) is 6.61 Å². The molecular weight excluding hydrogens is 290 g/mol. The predicted molar refractivity (Wildman–Crippen MR) is 81.2 cm³/mol. The number of hydrogen-bond donors (Lipinski definition) is 2. The third-order valence-electron chi connectivity index (χ3n) is 3.37. The fraction of sp³-hybridized carbons (Fsp3) is 0.250. The number of nitrogens with zero attached hydrogens (tertiary/aromatic N) is 1. The standard InChI is InChI=1S/C16H18F2N2O2/c1-10-4-3-5-14(20(2)19)13(10)9-22-15-7-6-11(21)8-12(15)16(17)18/h3-8,16,21H,9,19H2,1-2H3. The van der Waals surface area contributed by atoms with E-state index in [-0.39, 0.29) is 23.7 Å². The first-order valence-corrected chi connectivity index (χ1v) is 6.71. The fourth-order valence-electron chi connectivity index (χ4n) is 2.19. The van der Waals surface area contributed by atoms with E-state index in [9.17, 15) is 13.9 Å². The van der Waals surface area contributed by atoms with Gasteiger partial charge < -0.3 is 14.9 Å². The van der Waals surface area contributed by atoms with Crippen molar-refractivity contribution in [3.63, 3.8) is 0 Å². The number of ether oxygens (including phenoxy) is 1. The van der Waals surface area contributed by atoms with E-state index in [1.54, 1.807) is 7.05 Å². The highest BCUT2D eigenvalue weighted by Gasteiger charge is 2.16. The van der Waals surface area contributed by atoms with E-state index in [1.165, 1.54) is 17.1 Å². The first-order chi connectivity index (χ1) is 10.4. The third-order valence-corrected chi connectivity index (χ3v) is 3.37. The zero-order chi connectivity index (χ0) is 16.3. The number of aryl methyl sites for hydroxylation is 1. The molecule has 2 aromatic rings. The number of anilines is 1. The van der Waals surface area contributed by atoms with Gasteiger partial charge in [0.15, 0.2) is 0 Å². The number of benzene rings is 2. The van der Waals surface area contributed by atoms with E-state index in [4.69, 9.17) is 10.6 Å². The lowest BCUT2D eigenvalue weighted by Crippen LogP contribution is -2.26. The molecule has 0 bridgehead atoms. The van der Waals surface area contributed by atoms with Crippen LogP contribution in [0.15, 0.2) is 36.4 Å². The molecule has 118 valence electrons. The molecule has 0 spiro atoms. The summed E-state index contributed by atoms with van der Waals surface area (Å²) in [6, 6.07) is 9.25. The number of halogens is 2. The number of phenols is 1. The van der Waals surface area contributed by atoms with Gasteiger partial charge in [0.05, 0.1) is 11.3 Å². The second kappa shape index (κ2) is 6.62. The van der Waals surface area contributed by atoms with Gasteiger partial charge >= 0.3 is 0 Å². The number of phenolic OH excluding ortho intramolecular Hbond substituents is 1. The van der Waals surface area contributed by atoms with Crippen LogP contribution in [0.1, 0.15) is 23.1 Å². The molecule has 2 rings (SSSR count). The molecule has 2 aromatic carbocycles. The molecule has 0 fully saturated rings. The second-order valence-corrected chi connectivity index (χ2v) is 4.99. The lowest BCUT2D eigenvalue weighted by molar-refractivity contribution is 0.144. The van der Waals surface area contributed by atoms with E-state index in [0.717, 1.165) is 22.9 Å². The maximum Gasteiger partial charge on any atom is 0.267 e. The minimum absolute atomic E-state index is 0.0432. The molecule has 3 N–H and O–H groups in total. The highest BCUT2D eigenvalue weighted by molar-refractivity contribution is 5.55. The lowest BCUT2D eigenvalue weighted by atomic mass is 10.1. The Morgan fingerprint density at radius 2 is 2.00 bits per heavy atom. The molecule has 0 aliphatic heterocycles. The van der Waals surface area contributed by atoms with Crippen LogP contribution in [0.4, 0.5) is 14.5 Å². The quantitative estimate of drug-likeness (QED) is 0.655. The largest absolute Gasteiger partial charge is 0.508 e. The van der Waals surface area contributed by atoms with Crippen LogP contribution < -0.4 is 15.6 Å². The van der Waals surface area contributed by atoms with Crippen LogP contribution in [0.3, 0.4) is 0 Å². The Bertz CT molecular complexity index is 661. The van der Waals surface area contributed by atoms with Gasteiger partial charge in [-0.25, -0.2) is 14.6 Å². The van der Waals surface area contributed by atoms with Crippen molar-refractivity contribution >= 4 is 5.69 Å². The molecule has 0 aromatic heterocycles. The Balaban J connectivity index is 2.28. The Labute approximate surface area is 127 Å². The highest BCUT2D eigenvalue weighted by Crippen LogP contribution is 2.33. The smallest absolute Gasteiger partial charge is 0.267 e. The van der Waals surface area contributed by atoms with E-state index >= 15 is 0 Å². The first kappa shape index (κ1) is 16.0. The van der Waals surface area contributed by atoms with Crippen molar-refractivity contribution in [2.24, 2.45) is 5.84 Å². The number of nitrogens with two attached hydrogens (primary N) is 1. The molecule has 0 radical (unpaired) electrons. The monoisotopic (exact) mass is 308 g/mol. The highest BCUT2D eigenvalue weighted by atomic mass is 19.3. The Hall–Kier alpha value is -2.34. The zero-order valence-electron chi connectivity index (χ0n) is 12.4. The average Bonchev–Trinajstić information content (AvgIpc) is 2.46. The van der Waals surface area contributed by atoms with E-state index in [0.29, 0.717) is 0 Å². The molecule has 22 heavy (non-hydrogen) atoms. The molecule has 0 aliphatic carbocycles. The number of alkyl halides is 2. The summed E-state index contributed by atoms with van der Waals surface area (Å²) in [4.78, 5) is 0. The summed E-state index contributed by atoms with van der Waals surface area (Å²) in [6.45, 7) is 2.00. The minimum atomic E-state index is -2.73. The molecule has 0 heterocycles.